The fourth-order valence-electron chi connectivity index (χ4n) is 3.05. The van der Waals surface area contributed by atoms with Crippen LogP contribution in [0.5, 0.6) is 5.75 Å². The Morgan fingerprint density at radius 1 is 1.03 bits per heavy atom. The molecule has 0 spiro atoms. The number of carbonyl (C=O) groups is 1. The van der Waals surface area contributed by atoms with Crippen molar-refractivity contribution in [1.29, 1.82) is 0 Å². The number of hydrogen-bond donors (Lipinski definition) is 1. The number of nitro groups is 1. The molecule has 0 saturated carbocycles. The highest BCUT2D eigenvalue weighted by atomic mass is 32.2. The van der Waals surface area contributed by atoms with Crippen molar-refractivity contribution in [2.45, 2.75) is 11.8 Å². The third-order valence-electron chi connectivity index (χ3n) is 4.72. The summed E-state index contributed by atoms with van der Waals surface area (Å²) < 4.78 is 33.0. The molecule has 3 aromatic carbocycles. The van der Waals surface area contributed by atoms with E-state index in [4.69, 9.17) is 4.74 Å². The van der Waals surface area contributed by atoms with Gasteiger partial charge in [-0.15, -0.1) is 0 Å². The summed E-state index contributed by atoms with van der Waals surface area (Å²) in [5.41, 5.74) is 0.682. The maximum Gasteiger partial charge on any atom is 0.271 e. The largest absolute Gasteiger partial charge is 0.491 e. The summed E-state index contributed by atoms with van der Waals surface area (Å²) in [6, 6.07) is 20.2. The number of para-hydroxylation sites is 1. The van der Waals surface area contributed by atoms with Crippen LogP contribution in [0.1, 0.15) is 5.56 Å². The van der Waals surface area contributed by atoms with Crippen LogP contribution in [0.3, 0.4) is 0 Å². The summed E-state index contributed by atoms with van der Waals surface area (Å²) in [6.07, 6.45) is 0. The lowest BCUT2D eigenvalue weighted by atomic mass is 10.2. The molecule has 10 heteroatoms. The van der Waals surface area contributed by atoms with Gasteiger partial charge in [-0.05, 0) is 36.8 Å². The average Bonchev–Trinajstić information content (AvgIpc) is 2.82. The smallest absolute Gasteiger partial charge is 0.271 e. The second kappa shape index (κ2) is 10.6. The van der Waals surface area contributed by atoms with Crippen LogP contribution in [-0.2, 0) is 14.8 Å². The summed E-state index contributed by atoms with van der Waals surface area (Å²) in [5, 5.41) is 13.8. The number of anilines is 1. The van der Waals surface area contributed by atoms with Gasteiger partial charge < -0.3 is 10.1 Å². The van der Waals surface area contributed by atoms with Gasteiger partial charge in [0, 0.05) is 12.1 Å². The molecule has 0 heterocycles. The second-order valence-corrected chi connectivity index (χ2v) is 8.93. The van der Waals surface area contributed by atoms with Gasteiger partial charge in [0.2, 0.25) is 5.91 Å². The molecule has 0 fully saturated rings. The number of amides is 1. The molecule has 0 unspecified atom stereocenters. The van der Waals surface area contributed by atoms with Crippen molar-refractivity contribution in [3.63, 3.8) is 0 Å². The Kier molecular flexibility index (Phi) is 7.62. The molecule has 3 aromatic rings. The molecule has 1 amide bonds. The predicted octanol–water partition coefficient (Wildman–Crippen LogP) is 3.29. The number of carbonyl (C=O) groups excluding carboxylic acids is 1. The zero-order valence-electron chi connectivity index (χ0n) is 17.9. The maximum atomic E-state index is 13.3. The molecular weight excluding hydrogens is 446 g/mol. The van der Waals surface area contributed by atoms with Crippen LogP contribution in [0.25, 0.3) is 0 Å². The van der Waals surface area contributed by atoms with Crippen LogP contribution in [0.4, 0.5) is 11.4 Å². The fourth-order valence-corrected chi connectivity index (χ4v) is 4.49. The summed E-state index contributed by atoms with van der Waals surface area (Å²) >= 11 is 0. The summed E-state index contributed by atoms with van der Waals surface area (Å²) in [5.74, 6) is 0.117. The van der Waals surface area contributed by atoms with Crippen LogP contribution in [0.15, 0.2) is 83.8 Å². The standard InChI is InChI=1S/C23H23N3O6S/c1-18-8-5-6-13-22(18)32-15-14-24-23(27)17-25(19-9-7-10-20(16-19)26(28)29)33(30,31)21-11-3-2-4-12-21/h2-13,16H,14-15,17H2,1H3,(H,24,27). The second-order valence-electron chi connectivity index (χ2n) is 7.07. The molecule has 0 atom stereocenters. The molecule has 3 rings (SSSR count). The number of hydrogen-bond acceptors (Lipinski definition) is 6. The summed E-state index contributed by atoms with van der Waals surface area (Å²) in [7, 11) is -4.15. The number of ether oxygens (including phenoxy) is 1. The molecule has 1 N–H and O–H groups in total. The summed E-state index contributed by atoms with van der Waals surface area (Å²) in [6.45, 7) is 1.70. The number of benzene rings is 3. The van der Waals surface area contributed by atoms with E-state index in [0.29, 0.717) is 5.75 Å². The first-order chi connectivity index (χ1) is 15.8. The zero-order valence-corrected chi connectivity index (χ0v) is 18.7. The van der Waals surface area contributed by atoms with Crippen molar-refractivity contribution in [3.05, 3.63) is 94.5 Å². The van der Waals surface area contributed by atoms with E-state index in [-0.39, 0.29) is 29.4 Å². The van der Waals surface area contributed by atoms with E-state index >= 15 is 0 Å². The van der Waals surface area contributed by atoms with E-state index < -0.39 is 27.4 Å². The molecule has 0 saturated heterocycles. The molecule has 0 aliphatic heterocycles. The van der Waals surface area contributed by atoms with E-state index in [1.54, 1.807) is 18.2 Å². The van der Waals surface area contributed by atoms with Crippen molar-refractivity contribution in [2.24, 2.45) is 0 Å². The molecule has 0 aliphatic rings. The van der Waals surface area contributed by atoms with E-state index in [1.165, 1.54) is 30.3 Å². The molecular formula is C23H23N3O6S. The molecule has 9 nitrogen and oxygen atoms in total. The lowest BCUT2D eigenvalue weighted by molar-refractivity contribution is -0.384. The van der Waals surface area contributed by atoms with Crippen molar-refractivity contribution in [2.75, 3.05) is 24.0 Å². The van der Waals surface area contributed by atoms with E-state index in [9.17, 15) is 23.3 Å². The van der Waals surface area contributed by atoms with Gasteiger partial charge in [0.15, 0.2) is 0 Å². The Labute approximate surface area is 191 Å². The fraction of sp³-hybridized carbons (Fsp3) is 0.174. The van der Waals surface area contributed by atoms with Gasteiger partial charge >= 0.3 is 0 Å². The minimum absolute atomic E-state index is 0.0133. The molecule has 172 valence electrons. The Balaban J connectivity index is 1.75. The van der Waals surface area contributed by atoms with Gasteiger partial charge in [-0.1, -0.05) is 42.5 Å². The van der Waals surface area contributed by atoms with E-state index in [2.05, 4.69) is 5.32 Å². The highest BCUT2D eigenvalue weighted by Crippen LogP contribution is 2.26. The SMILES string of the molecule is Cc1ccccc1OCCNC(=O)CN(c1cccc([N+](=O)[O-])c1)S(=O)(=O)c1ccccc1. The first-order valence-corrected chi connectivity index (χ1v) is 11.5. The lowest BCUT2D eigenvalue weighted by Crippen LogP contribution is -2.42. The van der Waals surface area contributed by atoms with Crippen molar-refractivity contribution < 1.29 is 22.9 Å². The van der Waals surface area contributed by atoms with Crippen LogP contribution in [-0.4, -0.2) is 38.9 Å². The number of rotatable bonds is 10. The first kappa shape index (κ1) is 23.7. The number of aryl methyl sites for hydroxylation is 1. The van der Waals surface area contributed by atoms with Crippen LogP contribution >= 0.6 is 0 Å². The van der Waals surface area contributed by atoms with Crippen LogP contribution in [0, 0.1) is 17.0 Å². The molecule has 0 aromatic heterocycles. The molecule has 0 radical (unpaired) electrons. The van der Waals surface area contributed by atoms with Crippen LogP contribution in [0.2, 0.25) is 0 Å². The predicted molar refractivity (Wildman–Crippen MR) is 124 cm³/mol. The Morgan fingerprint density at radius 2 is 1.73 bits per heavy atom. The minimum atomic E-state index is -4.15. The number of nitrogens with zero attached hydrogens (tertiary/aromatic N) is 2. The monoisotopic (exact) mass is 469 g/mol. The lowest BCUT2D eigenvalue weighted by Gasteiger charge is -2.24. The van der Waals surface area contributed by atoms with E-state index in [0.717, 1.165) is 15.9 Å². The van der Waals surface area contributed by atoms with Crippen molar-refractivity contribution in [1.82, 2.24) is 5.32 Å². The first-order valence-electron chi connectivity index (χ1n) is 10.1. The highest BCUT2D eigenvalue weighted by molar-refractivity contribution is 7.92. The number of sulfonamides is 1. The summed E-state index contributed by atoms with van der Waals surface area (Å²) in [4.78, 5) is 23.1. The van der Waals surface area contributed by atoms with Crippen molar-refractivity contribution >= 4 is 27.3 Å². The van der Waals surface area contributed by atoms with Gasteiger partial charge in [0.25, 0.3) is 15.7 Å². The van der Waals surface area contributed by atoms with Crippen LogP contribution < -0.4 is 14.4 Å². The molecule has 0 bridgehead atoms. The third-order valence-corrected chi connectivity index (χ3v) is 6.51. The van der Waals surface area contributed by atoms with Gasteiger partial charge in [-0.2, -0.15) is 0 Å². The topological polar surface area (TPSA) is 119 Å². The normalized spacial score (nSPS) is 10.9. The molecule has 33 heavy (non-hydrogen) atoms. The maximum absolute atomic E-state index is 13.3. The van der Waals surface area contributed by atoms with Gasteiger partial charge in [0.05, 0.1) is 22.1 Å². The number of non-ortho nitro benzene ring substituents is 1. The van der Waals surface area contributed by atoms with E-state index in [1.807, 2.05) is 31.2 Å². The van der Waals surface area contributed by atoms with Gasteiger partial charge in [0.1, 0.15) is 18.9 Å². The van der Waals surface area contributed by atoms with Crippen molar-refractivity contribution in [3.8, 4) is 5.75 Å². The number of nitro benzene ring substituents is 1. The Hall–Kier alpha value is -3.92. The zero-order chi connectivity index (χ0) is 23.8. The average molecular weight is 470 g/mol. The quantitative estimate of drug-likeness (QED) is 0.276. The highest BCUT2D eigenvalue weighted by Gasteiger charge is 2.28. The third kappa shape index (κ3) is 6.07. The Bertz CT molecular complexity index is 1230. The Morgan fingerprint density at radius 3 is 2.42 bits per heavy atom. The number of nitrogens with one attached hydrogen (secondary N) is 1. The molecule has 0 aliphatic carbocycles. The van der Waals surface area contributed by atoms with Gasteiger partial charge in [-0.3, -0.25) is 19.2 Å². The minimum Gasteiger partial charge on any atom is -0.491 e. The van der Waals surface area contributed by atoms with Gasteiger partial charge in [-0.25, -0.2) is 8.42 Å².